The molecule has 0 radical (unpaired) electrons. The third kappa shape index (κ3) is 6.98. The molecule has 0 spiro atoms. The van der Waals surface area contributed by atoms with Crippen LogP contribution >= 0.6 is 11.8 Å². The van der Waals surface area contributed by atoms with Gasteiger partial charge in [0, 0.05) is 43.0 Å². The summed E-state index contributed by atoms with van der Waals surface area (Å²) in [7, 11) is 0. The summed E-state index contributed by atoms with van der Waals surface area (Å²) in [4.78, 5) is 33.7. The van der Waals surface area contributed by atoms with E-state index in [-0.39, 0.29) is 17.4 Å². The minimum Gasteiger partial charge on any atom is -0.444 e. The Morgan fingerprint density at radius 1 is 1.26 bits per heavy atom. The van der Waals surface area contributed by atoms with Crippen LogP contribution in [-0.4, -0.2) is 58.1 Å². The molecule has 0 atom stereocenters. The summed E-state index contributed by atoms with van der Waals surface area (Å²) in [6.45, 7) is 8.21. The number of hydrogen-bond donors (Lipinski definition) is 1. The van der Waals surface area contributed by atoms with Gasteiger partial charge in [0.25, 0.3) is 5.56 Å². The zero-order chi connectivity index (χ0) is 25.0. The Kier molecular flexibility index (Phi) is 8.02. The van der Waals surface area contributed by atoms with E-state index in [1.54, 1.807) is 22.7 Å². The van der Waals surface area contributed by atoms with Crippen molar-refractivity contribution in [3.05, 3.63) is 39.7 Å². The molecule has 1 N–H and O–H groups in total. The molecule has 2 aromatic rings. The molecule has 188 valence electrons. The van der Waals surface area contributed by atoms with Gasteiger partial charge in [-0.05, 0) is 58.6 Å². The largest absolute Gasteiger partial charge is 0.444 e. The van der Waals surface area contributed by atoms with E-state index in [2.05, 4.69) is 21.8 Å². The van der Waals surface area contributed by atoms with Crippen LogP contribution in [0.25, 0.3) is 10.9 Å². The van der Waals surface area contributed by atoms with Crippen molar-refractivity contribution in [1.82, 2.24) is 14.9 Å². The predicted molar refractivity (Wildman–Crippen MR) is 135 cm³/mol. The SMILES string of the molecule is CC(C)(C)OC(=O)N1CCC(C#Cc2cc(F)c3c(=O)[nH]c(CSC4CCOCC4)nc3c2)CC1. The molecule has 0 bridgehead atoms. The van der Waals surface area contributed by atoms with Crippen molar-refractivity contribution in [1.29, 1.82) is 0 Å². The maximum absolute atomic E-state index is 14.8. The number of likely N-dealkylation sites (tertiary alicyclic amines) is 1. The summed E-state index contributed by atoms with van der Waals surface area (Å²) >= 11 is 1.74. The van der Waals surface area contributed by atoms with Crippen LogP contribution in [0.3, 0.4) is 0 Å². The lowest BCUT2D eigenvalue weighted by Gasteiger charge is -2.31. The van der Waals surface area contributed by atoms with Gasteiger partial charge < -0.3 is 19.4 Å². The molecule has 9 heteroatoms. The number of aromatic nitrogens is 2. The van der Waals surface area contributed by atoms with Crippen molar-refractivity contribution in [2.24, 2.45) is 5.92 Å². The first-order valence-electron chi connectivity index (χ1n) is 12.1. The molecule has 2 aliphatic heterocycles. The van der Waals surface area contributed by atoms with E-state index in [1.807, 2.05) is 20.8 Å². The summed E-state index contributed by atoms with van der Waals surface area (Å²) < 4.78 is 25.6. The van der Waals surface area contributed by atoms with Gasteiger partial charge in [0.2, 0.25) is 0 Å². The lowest BCUT2D eigenvalue weighted by Crippen LogP contribution is -2.41. The van der Waals surface area contributed by atoms with Crippen molar-refractivity contribution in [2.75, 3.05) is 26.3 Å². The highest BCUT2D eigenvalue weighted by atomic mass is 32.2. The quantitative estimate of drug-likeness (QED) is 0.625. The molecule has 0 saturated carbocycles. The number of nitrogens with one attached hydrogen (secondary N) is 1. The van der Waals surface area contributed by atoms with Crippen molar-refractivity contribution in [3.8, 4) is 11.8 Å². The van der Waals surface area contributed by atoms with E-state index in [0.717, 1.165) is 38.9 Å². The molecule has 1 amide bonds. The lowest BCUT2D eigenvalue weighted by atomic mass is 9.97. The van der Waals surface area contributed by atoms with E-state index in [9.17, 15) is 14.0 Å². The van der Waals surface area contributed by atoms with E-state index >= 15 is 0 Å². The van der Waals surface area contributed by atoms with Gasteiger partial charge in [-0.1, -0.05) is 11.8 Å². The van der Waals surface area contributed by atoms with Crippen LogP contribution in [0, 0.1) is 23.6 Å². The third-order valence-electron chi connectivity index (χ3n) is 6.00. The molecule has 35 heavy (non-hydrogen) atoms. The molecule has 0 aliphatic carbocycles. The molecular formula is C26H32FN3O4S. The van der Waals surface area contributed by atoms with E-state index in [0.29, 0.717) is 41.0 Å². The number of halogens is 1. The van der Waals surface area contributed by atoms with Crippen LogP contribution in [0.5, 0.6) is 0 Å². The second-order valence-electron chi connectivity index (χ2n) is 10.00. The standard InChI is InChI=1S/C26H32FN3O4S/c1-26(2,3)34-25(32)30-10-6-17(7-11-30)4-5-18-14-20(27)23-21(15-18)28-22(29-24(23)31)16-35-19-8-12-33-13-9-19/h14-15,17,19H,6-13,16H2,1-3H3,(H,28,29,31). The number of piperidine rings is 1. The van der Waals surface area contributed by atoms with Crippen LogP contribution in [0.1, 0.15) is 57.8 Å². The number of hydrogen-bond acceptors (Lipinski definition) is 6. The van der Waals surface area contributed by atoms with Crippen LogP contribution in [0.4, 0.5) is 9.18 Å². The number of amides is 1. The lowest BCUT2D eigenvalue weighted by molar-refractivity contribution is 0.0199. The first-order valence-corrected chi connectivity index (χ1v) is 13.1. The molecule has 2 fully saturated rings. The molecule has 1 aromatic carbocycles. The second-order valence-corrected chi connectivity index (χ2v) is 11.3. The summed E-state index contributed by atoms with van der Waals surface area (Å²) in [5.41, 5.74) is -0.178. The number of aromatic amines is 1. The summed E-state index contributed by atoms with van der Waals surface area (Å²) in [5.74, 6) is 6.85. The molecule has 3 heterocycles. The normalized spacial score (nSPS) is 17.8. The summed E-state index contributed by atoms with van der Waals surface area (Å²) in [5, 5.41) is 0.432. The fourth-order valence-electron chi connectivity index (χ4n) is 4.17. The van der Waals surface area contributed by atoms with Gasteiger partial charge in [0.05, 0.1) is 11.3 Å². The Morgan fingerprint density at radius 2 is 1.97 bits per heavy atom. The third-order valence-corrected chi connectivity index (χ3v) is 7.38. The molecular weight excluding hydrogens is 469 g/mol. The Bertz CT molecular complexity index is 1180. The highest BCUT2D eigenvalue weighted by Gasteiger charge is 2.26. The molecule has 2 aliphatic rings. The molecule has 2 saturated heterocycles. The highest BCUT2D eigenvalue weighted by Crippen LogP contribution is 2.25. The van der Waals surface area contributed by atoms with Crippen molar-refractivity contribution < 1.29 is 18.7 Å². The topological polar surface area (TPSA) is 84.5 Å². The average Bonchev–Trinajstić information content (AvgIpc) is 2.81. The molecule has 0 unspecified atom stereocenters. The van der Waals surface area contributed by atoms with Gasteiger partial charge in [0.15, 0.2) is 0 Å². The van der Waals surface area contributed by atoms with E-state index < -0.39 is 17.0 Å². The number of carbonyl (C=O) groups is 1. The number of carbonyl (C=O) groups excluding carboxylic acids is 1. The fraction of sp³-hybridized carbons (Fsp3) is 0.577. The minimum atomic E-state index is -0.621. The first-order chi connectivity index (χ1) is 16.7. The Morgan fingerprint density at radius 3 is 2.66 bits per heavy atom. The Labute approximate surface area is 209 Å². The van der Waals surface area contributed by atoms with Gasteiger partial charge in [-0.25, -0.2) is 14.2 Å². The molecule has 7 nitrogen and oxygen atoms in total. The van der Waals surface area contributed by atoms with Crippen molar-refractivity contribution in [2.45, 2.75) is 63.1 Å². The van der Waals surface area contributed by atoms with Gasteiger partial charge in [-0.15, -0.1) is 0 Å². The van der Waals surface area contributed by atoms with Crippen molar-refractivity contribution in [3.63, 3.8) is 0 Å². The van der Waals surface area contributed by atoms with Gasteiger partial charge in [0.1, 0.15) is 22.6 Å². The minimum absolute atomic E-state index is 0.0407. The Hall–Kier alpha value is -2.57. The van der Waals surface area contributed by atoms with E-state index in [4.69, 9.17) is 9.47 Å². The van der Waals surface area contributed by atoms with Crippen molar-refractivity contribution >= 4 is 28.8 Å². The smallest absolute Gasteiger partial charge is 0.410 e. The van der Waals surface area contributed by atoms with Gasteiger partial charge >= 0.3 is 6.09 Å². The number of nitrogens with zero attached hydrogens (tertiary/aromatic N) is 2. The average molecular weight is 502 g/mol. The van der Waals surface area contributed by atoms with Gasteiger partial charge in [-0.2, -0.15) is 11.8 Å². The highest BCUT2D eigenvalue weighted by molar-refractivity contribution is 7.99. The van der Waals surface area contributed by atoms with Crippen LogP contribution in [-0.2, 0) is 15.2 Å². The number of thioether (sulfide) groups is 1. The van der Waals surface area contributed by atoms with Crippen LogP contribution < -0.4 is 5.56 Å². The number of fused-ring (bicyclic) bond motifs is 1. The van der Waals surface area contributed by atoms with Gasteiger partial charge in [-0.3, -0.25) is 4.79 Å². The monoisotopic (exact) mass is 501 g/mol. The maximum atomic E-state index is 14.8. The van der Waals surface area contributed by atoms with Crippen LogP contribution in [0.2, 0.25) is 0 Å². The number of ether oxygens (including phenoxy) is 2. The number of benzene rings is 1. The first kappa shape index (κ1) is 25.5. The molecule has 1 aromatic heterocycles. The number of rotatable bonds is 3. The zero-order valence-corrected chi connectivity index (χ0v) is 21.3. The molecule has 4 rings (SSSR count). The maximum Gasteiger partial charge on any atom is 0.410 e. The zero-order valence-electron chi connectivity index (χ0n) is 20.5. The summed E-state index contributed by atoms with van der Waals surface area (Å²) in [6, 6.07) is 2.97. The summed E-state index contributed by atoms with van der Waals surface area (Å²) in [6.07, 6.45) is 3.12. The number of H-pyrrole nitrogens is 1. The van der Waals surface area contributed by atoms with Crippen LogP contribution in [0.15, 0.2) is 16.9 Å². The predicted octanol–water partition coefficient (Wildman–Crippen LogP) is 4.47. The Balaban J connectivity index is 1.43. The second kappa shape index (κ2) is 11.0. The van der Waals surface area contributed by atoms with E-state index in [1.165, 1.54) is 6.07 Å². The fourth-order valence-corrected chi connectivity index (χ4v) is 5.23.